The Morgan fingerprint density at radius 1 is 0.750 bits per heavy atom. The lowest BCUT2D eigenvalue weighted by Crippen LogP contribution is -2.51. The zero-order valence-corrected chi connectivity index (χ0v) is 34.9. The number of likely N-dealkylation sites (N-methyl/N-ethyl adjacent to an activating group) is 1. The number of benzene rings is 3. The fraction of sp³-hybridized carbons (Fsp3) is 0.348. The van der Waals surface area contributed by atoms with E-state index in [0.29, 0.717) is 37.6 Å². The summed E-state index contributed by atoms with van der Waals surface area (Å²) in [5, 5.41) is 14.5. The van der Waals surface area contributed by atoms with Gasteiger partial charge in [0.25, 0.3) is 0 Å². The van der Waals surface area contributed by atoms with Gasteiger partial charge in [0, 0.05) is 25.7 Å². The van der Waals surface area contributed by atoms with Crippen LogP contribution in [0.1, 0.15) is 64.3 Å². The molecule has 2 aliphatic heterocycles. The molecule has 60 heavy (non-hydrogen) atoms. The lowest BCUT2D eigenvalue weighted by Gasteiger charge is -2.33. The first-order valence-corrected chi connectivity index (χ1v) is 20.1. The molecule has 5 aromatic rings. The number of hydrogen-bond acceptors (Lipinski definition) is 7. The van der Waals surface area contributed by atoms with E-state index in [1.807, 2.05) is 45.9 Å². The fourth-order valence-electron chi connectivity index (χ4n) is 8.36. The van der Waals surface area contributed by atoms with E-state index in [1.165, 1.54) is 14.2 Å². The van der Waals surface area contributed by atoms with Gasteiger partial charge in [0.15, 0.2) is 0 Å². The minimum absolute atomic E-state index is 0.148. The average molecular weight is 813 g/mol. The van der Waals surface area contributed by atoms with Crippen LogP contribution in [0.2, 0.25) is 0 Å². The van der Waals surface area contributed by atoms with Gasteiger partial charge in [-0.25, -0.2) is 19.6 Å². The minimum Gasteiger partial charge on any atom is -0.465 e. The molecule has 3 aromatic carbocycles. The van der Waals surface area contributed by atoms with E-state index in [2.05, 4.69) is 80.9 Å². The molecule has 14 heteroatoms. The maximum absolute atomic E-state index is 13.8. The lowest BCUT2D eigenvalue weighted by atomic mass is 9.98. The van der Waals surface area contributed by atoms with Crippen LogP contribution in [-0.2, 0) is 14.3 Å². The van der Waals surface area contributed by atoms with E-state index >= 15 is 0 Å². The molecule has 2 aliphatic rings. The number of methoxy groups -OCH3 is 1. The highest BCUT2D eigenvalue weighted by molar-refractivity contribution is 5.91. The number of H-pyrrole nitrogens is 2. The number of aromatic nitrogens is 4. The van der Waals surface area contributed by atoms with Crippen molar-refractivity contribution in [3.8, 4) is 33.6 Å². The summed E-state index contributed by atoms with van der Waals surface area (Å²) in [6.07, 6.45) is 2.86. The number of amides is 4. The second-order valence-corrected chi connectivity index (χ2v) is 16.5. The monoisotopic (exact) mass is 812 g/mol. The van der Waals surface area contributed by atoms with Crippen molar-refractivity contribution >= 4 is 34.8 Å². The molecule has 0 unspecified atom stereocenters. The number of ether oxygens (including phenoxy) is 1. The number of aromatic amines is 2. The van der Waals surface area contributed by atoms with Gasteiger partial charge in [0.05, 0.1) is 43.0 Å². The van der Waals surface area contributed by atoms with Crippen LogP contribution in [0.25, 0.3) is 44.4 Å². The number of fused-ring (bicyclic) bond motifs is 1. The number of nitrogens with zero attached hydrogens (tertiary/aromatic N) is 5. The van der Waals surface area contributed by atoms with E-state index in [4.69, 9.17) is 4.74 Å². The van der Waals surface area contributed by atoms with Crippen molar-refractivity contribution in [1.29, 1.82) is 0 Å². The maximum atomic E-state index is 13.8. The molecule has 0 radical (unpaired) electrons. The molecule has 7 rings (SSSR count). The molecular formula is C46H52N8O6. The van der Waals surface area contributed by atoms with Crippen LogP contribution >= 0.6 is 0 Å². The predicted octanol–water partition coefficient (Wildman–Crippen LogP) is 7.96. The molecule has 4 amide bonds. The summed E-state index contributed by atoms with van der Waals surface area (Å²) in [7, 11) is 2.71. The number of hydrogen-bond donors (Lipinski definition) is 4. The highest BCUT2D eigenvalue weighted by atomic mass is 16.5. The summed E-state index contributed by atoms with van der Waals surface area (Å²) in [5.74, 6) is 0.460. The molecule has 4 heterocycles. The zero-order valence-electron chi connectivity index (χ0n) is 34.9. The first-order chi connectivity index (χ1) is 28.6. The van der Waals surface area contributed by atoms with Crippen molar-refractivity contribution in [2.24, 2.45) is 11.8 Å². The number of imidazole rings is 2. The van der Waals surface area contributed by atoms with E-state index < -0.39 is 24.3 Å². The van der Waals surface area contributed by atoms with Crippen LogP contribution in [0.4, 0.5) is 9.59 Å². The predicted molar refractivity (Wildman–Crippen MR) is 230 cm³/mol. The Balaban J connectivity index is 1.05. The van der Waals surface area contributed by atoms with E-state index in [-0.39, 0.29) is 35.7 Å². The molecule has 0 saturated carbocycles. The minimum atomic E-state index is -1.15. The van der Waals surface area contributed by atoms with Gasteiger partial charge in [-0.2, -0.15) is 0 Å². The third-order valence-corrected chi connectivity index (χ3v) is 11.6. The van der Waals surface area contributed by atoms with Gasteiger partial charge in [-0.3, -0.25) is 14.5 Å². The summed E-state index contributed by atoms with van der Waals surface area (Å²) in [5.41, 5.74) is 7.45. The number of carbonyl (C=O) groups is 4. The second kappa shape index (κ2) is 16.9. The maximum Gasteiger partial charge on any atom is 0.407 e. The summed E-state index contributed by atoms with van der Waals surface area (Å²) in [6.45, 7) is 16.5. The van der Waals surface area contributed by atoms with Crippen molar-refractivity contribution in [2.75, 3.05) is 27.2 Å². The summed E-state index contributed by atoms with van der Waals surface area (Å²) >= 11 is 0. The quantitative estimate of drug-likeness (QED) is 0.0971. The van der Waals surface area contributed by atoms with Crippen molar-refractivity contribution in [1.82, 2.24) is 40.0 Å². The van der Waals surface area contributed by atoms with Crippen LogP contribution in [0.3, 0.4) is 0 Å². The SMILES string of the molecule is C=C1C[C@@H](c2ncc(-c3ccc(-c4ccc5cc(-c6cnc([C@@H]7CC(=C)CN7C(=O)[C@H](C(C)C)N(C)C(=O)O)[nH]6)ccc5c4)cc3)[nH]2)N(C(=O)[C@@H](NC(=O)OC)C(C)C)C1. The Morgan fingerprint density at radius 2 is 1.23 bits per heavy atom. The van der Waals surface area contributed by atoms with Gasteiger partial charge in [-0.1, -0.05) is 101 Å². The third-order valence-electron chi connectivity index (χ3n) is 11.6. The highest BCUT2D eigenvalue weighted by Gasteiger charge is 2.41. The van der Waals surface area contributed by atoms with E-state index in [1.54, 1.807) is 22.2 Å². The molecule has 4 atom stereocenters. The molecule has 14 nitrogen and oxygen atoms in total. The van der Waals surface area contributed by atoms with Gasteiger partial charge in [0.1, 0.15) is 23.7 Å². The Bertz CT molecular complexity index is 2470. The molecule has 0 spiro atoms. The Hall–Kier alpha value is -6.70. The normalized spacial score (nSPS) is 17.7. The van der Waals surface area contributed by atoms with Gasteiger partial charge in [-0.15, -0.1) is 0 Å². The first-order valence-electron chi connectivity index (χ1n) is 20.1. The smallest absolute Gasteiger partial charge is 0.407 e. The van der Waals surface area contributed by atoms with Crippen LogP contribution < -0.4 is 5.32 Å². The largest absolute Gasteiger partial charge is 0.465 e. The first kappa shape index (κ1) is 41.5. The number of nitrogens with one attached hydrogen (secondary N) is 3. The summed E-state index contributed by atoms with van der Waals surface area (Å²) < 4.78 is 4.76. The average Bonchev–Trinajstić information content (AvgIpc) is 4.06. The standard InChI is InChI=1S/C46H52N8O6/c1-25(2)39(51-45(57)60-8)43(55)53-23-27(5)17-37(53)41-47-21-35(49-41)30-11-9-29(10-12-30)31-13-14-33-20-34(16-15-32(33)19-31)36-22-48-42(50-36)38-18-28(6)24-54(38)44(56)40(26(3)4)52(7)46(58)59/h9-16,19-22,25-26,37-40H,5-6,17-18,23-24H2,1-4,7-8H3,(H,47,49)(H,48,50)(H,51,57)(H,58,59)/t37-,38-,39-,40-/m0/s1. The molecule has 2 aromatic heterocycles. The lowest BCUT2D eigenvalue weighted by molar-refractivity contribution is -0.138. The number of alkyl carbamates (subject to hydrolysis) is 1. The number of carbonyl (C=O) groups excluding carboxylic acids is 3. The Kier molecular flexibility index (Phi) is 11.7. The van der Waals surface area contributed by atoms with Crippen LogP contribution in [0, 0.1) is 11.8 Å². The van der Waals surface area contributed by atoms with Crippen LogP contribution in [-0.4, -0.2) is 103 Å². The Labute approximate surface area is 349 Å². The number of carboxylic acid groups (broad SMARTS) is 1. The van der Waals surface area contributed by atoms with Gasteiger partial charge in [-0.05, 0) is 64.3 Å². The molecular weight excluding hydrogens is 761 g/mol. The fourth-order valence-corrected chi connectivity index (χ4v) is 8.36. The van der Waals surface area contributed by atoms with Gasteiger partial charge in [0.2, 0.25) is 11.8 Å². The Morgan fingerprint density at radius 3 is 1.75 bits per heavy atom. The second-order valence-electron chi connectivity index (χ2n) is 16.5. The third kappa shape index (κ3) is 8.27. The number of rotatable bonds is 11. The molecule has 2 fully saturated rings. The molecule has 312 valence electrons. The number of likely N-dealkylation sites (tertiary alicyclic amines) is 2. The van der Waals surface area contributed by atoms with Gasteiger partial charge >= 0.3 is 12.2 Å². The van der Waals surface area contributed by atoms with Crippen molar-refractivity contribution < 1.29 is 29.0 Å². The van der Waals surface area contributed by atoms with Crippen molar-refractivity contribution in [3.63, 3.8) is 0 Å². The summed E-state index contributed by atoms with van der Waals surface area (Å²) in [6, 6.07) is 18.5. The van der Waals surface area contributed by atoms with Crippen LogP contribution in [0.5, 0.6) is 0 Å². The molecule has 0 aliphatic carbocycles. The van der Waals surface area contributed by atoms with E-state index in [0.717, 1.165) is 60.5 Å². The molecule has 4 N–H and O–H groups in total. The molecule has 2 saturated heterocycles. The van der Waals surface area contributed by atoms with Crippen molar-refractivity contribution in [2.45, 2.75) is 64.7 Å². The van der Waals surface area contributed by atoms with Crippen LogP contribution in [0.15, 0.2) is 97.4 Å². The van der Waals surface area contributed by atoms with Crippen molar-refractivity contribution in [3.05, 3.63) is 109 Å². The zero-order chi connectivity index (χ0) is 43.0. The molecule has 0 bridgehead atoms. The van der Waals surface area contributed by atoms with Gasteiger partial charge < -0.3 is 34.9 Å². The summed E-state index contributed by atoms with van der Waals surface area (Å²) in [4.78, 5) is 72.0. The highest BCUT2D eigenvalue weighted by Crippen LogP contribution is 2.38. The van der Waals surface area contributed by atoms with E-state index in [9.17, 15) is 24.3 Å². The topological polar surface area (TPSA) is 177 Å².